The SMILES string of the molecule is CC(C)C(=O)Nc1nc2c(s1)CN(Cc1ccccc1)CC2. The van der Waals surface area contributed by atoms with E-state index in [4.69, 9.17) is 0 Å². The molecule has 0 atom stereocenters. The van der Waals surface area contributed by atoms with Crippen LogP contribution in [0.3, 0.4) is 0 Å². The van der Waals surface area contributed by atoms with E-state index in [1.54, 1.807) is 11.3 Å². The molecule has 1 aliphatic heterocycles. The second kappa shape index (κ2) is 6.58. The second-order valence-electron chi connectivity index (χ2n) is 5.98. The molecule has 1 N–H and O–H groups in total. The van der Waals surface area contributed by atoms with Gasteiger partial charge in [-0.05, 0) is 5.56 Å². The molecule has 5 heteroatoms. The lowest BCUT2D eigenvalue weighted by Crippen LogP contribution is -2.29. The van der Waals surface area contributed by atoms with Crippen molar-refractivity contribution in [1.82, 2.24) is 9.88 Å². The quantitative estimate of drug-likeness (QED) is 0.941. The van der Waals surface area contributed by atoms with E-state index in [-0.39, 0.29) is 11.8 Å². The number of hydrogen-bond acceptors (Lipinski definition) is 4. The Labute approximate surface area is 135 Å². The van der Waals surface area contributed by atoms with Gasteiger partial charge >= 0.3 is 0 Å². The van der Waals surface area contributed by atoms with Gasteiger partial charge in [-0.1, -0.05) is 44.2 Å². The van der Waals surface area contributed by atoms with Crippen molar-refractivity contribution in [2.75, 3.05) is 11.9 Å². The average molecular weight is 315 g/mol. The van der Waals surface area contributed by atoms with Gasteiger partial charge in [0.25, 0.3) is 0 Å². The number of carbonyl (C=O) groups is 1. The molecular weight excluding hydrogens is 294 g/mol. The van der Waals surface area contributed by atoms with Crippen LogP contribution < -0.4 is 5.32 Å². The van der Waals surface area contributed by atoms with Crippen LogP contribution in [-0.2, 0) is 24.3 Å². The zero-order chi connectivity index (χ0) is 15.5. The van der Waals surface area contributed by atoms with E-state index < -0.39 is 0 Å². The highest BCUT2D eigenvalue weighted by Gasteiger charge is 2.21. The van der Waals surface area contributed by atoms with E-state index in [1.165, 1.54) is 10.4 Å². The number of rotatable bonds is 4. The highest BCUT2D eigenvalue weighted by Crippen LogP contribution is 2.29. The van der Waals surface area contributed by atoms with Crippen molar-refractivity contribution in [1.29, 1.82) is 0 Å². The Balaban J connectivity index is 1.66. The number of fused-ring (bicyclic) bond motifs is 1. The smallest absolute Gasteiger partial charge is 0.228 e. The standard InChI is InChI=1S/C17H21N3OS/c1-12(2)16(21)19-17-18-14-8-9-20(11-15(14)22-17)10-13-6-4-3-5-7-13/h3-7,12H,8-11H2,1-2H3,(H,18,19,21). The van der Waals surface area contributed by atoms with Crippen LogP contribution in [0.4, 0.5) is 5.13 Å². The molecule has 3 rings (SSSR count). The van der Waals surface area contributed by atoms with Gasteiger partial charge in [0.1, 0.15) is 0 Å². The Morgan fingerprint density at radius 2 is 2.14 bits per heavy atom. The fourth-order valence-electron chi connectivity index (χ4n) is 2.53. The fraction of sp³-hybridized carbons (Fsp3) is 0.412. The number of thiazole rings is 1. The minimum Gasteiger partial charge on any atom is -0.302 e. The van der Waals surface area contributed by atoms with Crippen molar-refractivity contribution >= 4 is 22.4 Å². The van der Waals surface area contributed by atoms with Crippen molar-refractivity contribution in [3.63, 3.8) is 0 Å². The third-order valence-electron chi connectivity index (χ3n) is 3.81. The van der Waals surface area contributed by atoms with E-state index in [0.717, 1.165) is 36.9 Å². The van der Waals surface area contributed by atoms with Gasteiger partial charge in [0.2, 0.25) is 5.91 Å². The zero-order valence-electron chi connectivity index (χ0n) is 13.0. The molecule has 0 bridgehead atoms. The molecule has 2 aromatic rings. The summed E-state index contributed by atoms with van der Waals surface area (Å²) in [5, 5.41) is 3.65. The lowest BCUT2D eigenvalue weighted by molar-refractivity contribution is -0.118. The van der Waals surface area contributed by atoms with E-state index in [0.29, 0.717) is 0 Å². The second-order valence-corrected chi connectivity index (χ2v) is 7.06. The Morgan fingerprint density at radius 3 is 2.86 bits per heavy atom. The zero-order valence-corrected chi connectivity index (χ0v) is 13.8. The van der Waals surface area contributed by atoms with Crippen LogP contribution in [0.15, 0.2) is 30.3 Å². The van der Waals surface area contributed by atoms with E-state index in [9.17, 15) is 4.79 Å². The number of anilines is 1. The first-order chi connectivity index (χ1) is 10.6. The Kier molecular flexibility index (Phi) is 4.55. The fourth-order valence-corrected chi connectivity index (χ4v) is 3.58. The number of benzene rings is 1. The number of amides is 1. The van der Waals surface area contributed by atoms with Crippen LogP contribution in [0.1, 0.15) is 30.0 Å². The third kappa shape index (κ3) is 3.54. The first-order valence-corrected chi connectivity index (χ1v) is 8.49. The summed E-state index contributed by atoms with van der Waals surface area (Å²) in [7, 11) is 0. The summed E-state index contributed by atoms with van der Waals surface area (Å²) in [4.78, 5) is 20.1. The highest BCUT2D eigenvalue weighted by molar-refractivity contribution is 7.15. The third-order valence-corrected chi connectivity index (χ3v) is 4.81. The van der Waals surface area contributed by atoms with Crippen molar-refractivity contribution < 1.29 is 4.79 Å². The molecule has 0 fully saturated rings. The van der Waals surface area contributed by atoms with Crippen molar-refractivity contribution in [2.45, 2.75) is 33.4 Å². The Bertz CT molecular complexity index is 651. The largest absolute Gasteiger partial charge is 0.302 e. The van der Waals surface area contributed by atoms with Crippen LogP contribution in [0, 0.1) is 5.92 Å². The van der Waals surface area contributed by atoms with Crippen LogP contribution >= 0.6 is 11.3 Å². The van der Waals surface area contributed by atoms with Gasteiger partial charge in [-0.15, -0.1) is 11.3 Å². The summed E-state index contributed by atoms with van der Waals surface area (Å²) in [6.07, 6.45) is 0.955. The van der Waals surface area contributed by atoms with Crippen molar-refractivity contribution in [2.24, 2.45) is 5.92 Å². The molecule has 1 amide bonds. The molecule has 1 aromatic heterocycles. The summed E-state index contributed by atoms with van der Waals surface area (Å²) in [6.45, 7) is 6.68. The van der Waals surface area contributed by atoms with Crippen molar-refractivity contribution in [3.8, 4) is 0 Å². The number of hydrogen-bond donors (Lipinski definition) is 1. The van der Waals surface area contributed by atoms with E-state index in [1.807, 2.05) is 19.9 Å². The molecule has 1 aliphatic rings. The summed E-state index contributed by atoms with van der Waals surface area (Å²) in [5.74, 6) is 0.0164. The van der Waals surface area contributed by atoms with Gasteiger partial charge in [-0.25, -0.2) is 4.98 Å². The molecular formula is C17H21N3OS. The molecule has 22 heavy (non-hydrogen) atoms. The maximum Gasteiger partial charge on any atom is 0.228 e. The number of aromatic nitrogens is 1. The van der Waals surface area contributed by atoms with Gasteiger partial charge in [-0.2, -0.15) is 0 Å². The number of nitrogens with zero attached hydrogens (tertiary/aromatic N) is 2. The maximum absolute atomic E-state index is 11.8. The van der Waals surface area contributed by atoms with Crippen LogP contribution in [-0.4, -0.2) is 22.3 Å². The molecule has 0 aliphatic carbocycles. The van der Waals surface area contributed by atoms with E-state index >= 15 is 0 Å². The minimum atomic E-state index is -0.0180. The number of carbonyl (C=O) groups excluding carboxylic acids is 1. The molecule has 0 radical (unpaired) electrons. The Morgan fingerprint density at radius 1 is 1.36 bits per heavy atom. The lowest BCUT2D eigenvalue weighted by atomic mass is 10.1. The lowest BCUT2D eigenvalue weighted by Gasteiger charge is -2.25. The van der Waals surface area contributed by atoms with Crippen molar-refractivity contribution in [3.05, 3.63) is 46.5 Å². The minimum absolute atomic E-state index is 0.0180. The van der Waals surface area contributed by atoms with Crippen LogP contribution in [0.5, 0.6) is 0 Å². The molecule has 0 spiro atoms. The summed E-state index contributed by atoms with van der Waals surface area (Å²) >= 11 is 1.61. The molecule has 0 saturated heterocycles. The van der Waals surface area contributed by atoms with Crippen LogP contribution in [0.2, 0.25) is 0 Å². The predicted octanol–water partition coefficient (Wildman–Crippen LogP) is 3.30. The first-order valence-electron chi connectivity index (χ1n) is 7.67. The normalized spacial score (nSPS) is 14.9. The van der Waals surface area contributed by atoms with Gasteiger partial charge in [0.15, 0.2) is 5.13 Å². The molecule has 0 unspecified atom stereocenters. The van der Waals surface area contributed by atoms with Gasteiger partial charge in [0, 0.05) is 36.9 Å². The summed E-state index contributed by atoms with van der Waals surface area (Å²) < 4.78 is 0. The predicted molar refractivity (Wildman–Crippen MR) is 89.8 cm³/mol. The number of nitrogens with one attached hydrogen (secondary N) is 1. The molecule has 1 aromatic carbocycles. The Hall–Kier alpha value is -1.72. The van der Waals surface area contributed by atoms with Gasteiger partial charge in [0.05, 0.1) is 5.69 Å². The molecule has 4 nitrogen and oxygen atoms in total. The van der Waals surface area contributed by atoms with Gasteiger partial charge in [-0.3, -0.25) is 9.69 Å². The summed E-state index contributed by atoms with van der Waals surface area (Å²) in [6, 6.07) is 10.5. The van der Waals surface area contributed by atoms with Gasteiger partial charge < -0.3 is 5.32 Å². The highest BCUT2D eigenvalue weighted by atomic mass is 32.1. The average Bonchev–Trinajstić information content (AvgIpc) is 2.89. The summed E-state index contributed by atoms with van der Waals surface area (Å²) in [5.41, 5.74) is 2.48. The molecule has 116 valence electrons. The molecule has 2 heterocycles. The van der Waals surface area contributed by atoms with E-state index in [2.05, 4.69) is 39.5 Å². The maximum atomic E-state index is 11.8. The van der Waals surface area contributed by atoms with Crippen LogP contribution in [0.25, 0.3) is 0 Å². The first kappa shape index (κ1) is 15.2. The molecule has 0 saturated carbocycles. The monoisotopic (exact) mass is 315 g/mol. The topological polar surface area (TPSA) is 45.2 Å².